The number of halogens is 1. The fourth-order valence-corrected chi connectivity index (χ4v) is 1.38. The molecule has 58 valence electrons. The molecule has 0 aliphatic heterocycles. The number of rotatable bonds is 2. The number of hydrogen-bond donors (Lipinski definition) is 1. The Labute approximate surface area is 74.6 Å². The van der Waals surface area contributed by atoms with Crippen LogP contribution in [0.15, 0.2) is 5.38 Å². The lowest BCUT2D eigenvalue weighted by molar-refractivity contribution is 1.31. The van der Waals surface area contributed by atoms with Crippen molar-refractivity contribution in [2.24, 2.45) is 0 Å². The van der Waals surface area contributed by atoms with Gasteiger partial charge in [0.2, 0.25) is 0 Å². The number of nitrogens with zero attached hydrogens (tertiary/aromatic N) is 1. The molecule has 0 saturated carbocycles. The zero-order valence-electron chi connectivity index (χ0n) is 6.02. The molecular formula is C7H7ClN2S. The maximum absolute atomic E-state index is 5.60. The predicted molar refractivity (Wildman–Crippen MR) is 49.1 cm³/mol. The minimum Gasteiger partial charge on any atom is -0.351 e. The smallest absolute Gasteiger partial charge is 0.184 e. The molecule has 0 radical (unpaired) electrons. The summed E-state index contributed by atoms with van der Waals surface area (Å²) >= 11 is 7.07. The van der Waals surface area contributed by atoms with Gasteiger partial charge in [0.25, 0.3) is 0 Å². The van der Waals surface area contributed by atoms with E-state index in [1.807, 2.05) is 0 Å². The molecule has 2 nitrogen and oxygen atoms in total. The molecule has 0 unspecified atom stereocenters. The van der Waals surface area contributed by atoms with Gasteiger partial charge in [-0.05, 0) is 6.92 Å². The number of nitrogens with one attached hydrogen (secondary N) is 1. The molecular weight excluding hydrogens is 180 g/mol. The average molecular weight is 187 g/mol. The first-order valence-electron chi connectivity index (χ1n) is 3.07. The van der Waals surface area contributed by atoms with Gasteiger partial charge in [-0.3, -0.25) is 0 Å². The monoisotopic (exact) mass is 186 g/mol. The highest BCUT2D eigenvalue weighted by Gasteiger charge is 1.95. The molecule has 0 bridgehead atoms. The second-order valence-electron chi connectivity index (χ2n) is 1.76. The molecule has 0 fully saturated rings. The largest absolute Gasteiger partial charge is 0.351 e. The summed E-state index contributed by atoms with van der Waals surface area (Å²) in [5.41, 5.74) is 0. The zero-order chi connectivity index (χ0) is 8.10. The summed E-state index contributed by atoms with van der Waals surface area (Å²) in [7, 11) is 0. The second kappa shape index (κ2) is 4.22. The molecule has 1 aromatic heterocycles. The molecule has 0 aliphatic rings. The molecule has 1 rings (SSSR count). The summed E-state index contributed by atoms with van der Waals surface area (Å²) in [6, 6.07) is 0. The third-order valence-corrected chi connectivity index (χ3v) is 2.10. The molecule has 4 heteroatoms. The number of thiazole rings is 1. The van der Waals surface area contributed by atoms with Crippen molar-refractivity contribution < 1.29 is 0 Å². The van der Waals surface area contributed by atoms with Crippen LogP contribution in [-0.4, -0.2) is 11.5 Å². The van der Waals surface area contributed by atoms with Gasteiger partial charge in [0.1, 0.15) is 5.15 Å². The molecule has 0 spiro atoms. The van der Waals surface area contributed by atoms with Gasteiger partial charge in [-0.25, -0.2) is 4.98 Å². The maximum atomic E-state index is 5.60. The van der Waals surface area contributed by atoms with E-state index in [2.05, 4.69) is 22.1 Å². The Morgan fingerprint density at radius 1 is 1.82 bits per heavy atom. The van der Waals surface area contributed by atoms with Crippen LogP contribution in [0.4, 0.5) is 5.13 Å². The Bertz CT molecular complexity index is 284. The van der Waals surface area contributed by atoms with Crippen molar-refractivity contribution in [3.8, 4) is 11.8 Å². The van der Waals surface area contributed by atoms with E-state index in [1.54, 1.807) is 12.3 Å². The Morgan fingerprint density at radius 3 is 3.18 bits per heavy atom. The molecule has 0 saturated heterocycles. The van der Waals surface area contributed by atoms with Gasteiger partial charge in [0, 0.05) is 5.38 Å². The standard InChI is InChI=1S/C7H7ClN2S/c1-2-3-4-9-7-10-6(8)5-11-7/h5H,4H2,1H3,(H,9,10). The summed E-state index contributed by atoms with van der Waals surface area (Å²) < 4.78 is 0. The van der Waals surface area contributed by atoms with Crippen LogP contribution in [0.5, 0.6) is 0 Å². The lowest BCUT2D eigenvalue weighted by Gasteiger charge is -1.92. The molecule has 0 amide bonds. The van der Waals surface area contributed by atoms with Crippen molar-refractivity contribution in [3.63, 3.8) is 0 Å². The van der Waals surface area contributed by atoms with Gasteiger partial charge < -0.3 is 5.32 Å². The highest BCUT2D eigenvalue weighted by molar-refractivity contribution is 7.14. The molecule has 11 heavy (non-hydrogen) atoms. The maximum Gasteiger partial charge on any atom is 0.184 e. The number of aromatic nitrogens is 1. The topological polar surface area (TPSA) is 24.9 Å². The average Bonchev–Trinajstić information content (AvgIpc) is 2.37. The van der Waals surface area contributed by atoms with E-state index in [1.165, 1.54) is 11.3 Å². The summed E-state index contributed by atoms with van der Waals surface area (Å²) in [5, 5.41) is 6.14. The van der Waals surface area contributed by atoms with E-state index < -0.39 is 0 Å². The summed E-state index contributed by atoms with van der Waals surface area (Å²) in [6.07, 6.45) is 0. The van der Waals surface area contributed by atoms with Crippen molar-refractivity contribution >= 4 is 28.1 Å². The first-order chi connectivity index (χ1) is 5.33. The lowest BCUT2D eigenvalue weighted by atomic mass is 10.6. The minimum atomic E-state index is 0.530. The van der Waals surface area contributed by atoms with Gasteiger partial charge in [-0.15, -0.1) is 17.3 Å². The van der Waals surface area contributed by atoms with Gasteiger partial charge in [-0.1, -0.05) is 17.5 Å². The van der Waals surface area contributed by atoms with Crippen LogP contribution in [0.3, 0.4) is 0 Å². The third-order valence-electron chi connectivity index (χ3n) is 0.981. The Hall–Kier alpha value is -0.720. The van der Waals surface area contributed by atoms with Crippen LogP contribution in [0, 0.1) is 11.8 Å². The van der Waals surface area contributed by atoms with Crippen molar-refractivity contribution in [1.29, 1.82) is 0 Å². The van der Waals surface area contributed by atoms with Crippen LogP contribution in [0.1, 0.15) is 6.92 Å². The quantitative estimate of drug-likeness (QED) is 0.717. The van der Waals surface area contributed by atoms with Gasteiger partial charge in [0.15, 0.2) is 5.13 Å². The van der Waals surface area contributed by atoms with Gasteiger partial charge in [0.05, 0.1) is 6.54 Å². The van der Waals surface area contributed by atoms with Crippen molar-refractivity contribution in [3.05, 3.63) is 10.5 Å². The van der Waals surface area contributed by atoms with Gasteiger partial charge in [-0.2, -0.15) is 0 Å². The fraction of sp³-hybridized carbons (Fsp3) is 0.286. The fourth-order valence-electron chi connectivity index (χ4n) is 0.544. The SMILES string of the molecule is CC#CCNc1nc(Cl)cs1. The normalized spacial score (nSPS) is 8.55. The number of anilines is 1. The minimum absolute atomic E-state index is 0.530. The molecule has 1 heterocycles. The predicted octanol–water partition coefficient (Wildman–Crippen LogP) is 2.23. The Kier molecular flexibility index (Phi) is 3.21. The first-order valence-corrected chi connectivity index (χ1v) is 4.33. The van der Waals surface area contributed by atoms with E-state index >= 15 is 0 Å². The zero-order valence-corrected chi connectivity index (χ0v) is 7.59. The Balaban J connectivity index is 2.43. The molecule has 1 N–H and O–H groups in total. The summed E-state index contributed by atoms with van der Waals surface area (Å²) in [6.45, 7) is 2.43. The molecule has 0 atom stereocenters. The van der Waals surface area contributed by atoms with Crippen molar-refractivity contribution in [1.82, 2.24) is 4.98 Å². The molecule has 0 aromatic carbocycles. The first kappa shape index (κ1) is 8.38. The van der Waals surface area contributed by atoms with Crippen molar-refractivity contribution in [2.45, 2.75) is 6.92 Å². The molecule has 0 aliphatic carbocycles. The van der Waals surface area contributed by atoms with Gasteiger partial charge >= 0.3 is 0 Å². The van der Waals surface area contributed by atoms with E-state index in [-0.39, 0.29) is 0 Å². The Morgan fingerprint density at radius 2 is 2.64 bits per heavy atom. The van der Waals surface area contributed by atoms with E-state index in [9.17, 15) is 0 Å². The van der Waals surface area contributed by atoms with Crippen LogP contribution in [0.25, 0.3) is 0 Å². The lowest BCUT2D eigenvalue weighted by Crippen LogP contribution is -1.97. The summed E-state index contributed by atoms with van der Waals surface area (Å²) in [5.74, 6) is 5.64. The van der Waals surface area contributed by atoms with E-state index in [4.69, 9.17) is 11.6 Å². The third kappa shape index (κ3) is 2.79. The highest BCUT2D eigenvalue weighted by Crippen LogP contribution is 2.17. The van der Waals surface area contributed by atoms with Crippen molar-refractivity contribution in [2.75, 3.05) is 11.9 Å². The second-order valence-corrected chi connectivity index (χ2v) is 3.00. The number of hydrogen-bond acceptors (Lipinski definition) is 3. The van der Waals surface area contributed by atoms with Crippen LogP contribution in [0.2, 0.25) is 5.15 Å². The summed E-state index contributed by atoms with van der Waals surface area (Å²) in [4.78, 5) is 3.99. The van der Waals surface area contributed by atoms with E-state index in [0.29, 0.717) is 11.7 Å². The van der Waals surface area contributed by atoms with E-state index in [0.717, 1.165) is 5.13 Å². The van der Waals surface area contributed by atoms with Crippen LogP contribution in [-0.2, 0) is 0 Å². The van der Waals surface area contributed by atoms with Crippen LogP contribution < -0.4 is 5.32 Å². The highest BCUT2D eigenvalue weighted by atomic mass is 35.5. The van der Waals surface area contributed by atoms with Crippen LogP contribution >= 0.6 is 22.9 Å². The molecule has 1 aromatic rings.